The zero-order valence-electron chi connectivity index (χ0n) is 11.5. The van der Waals surface area contributed by atoms with Crippen molar-refractivity contribution in [3.8, 4) is 0 Å². The van der Waals surface area contributed by atoms with Gasteiger partial charge in [-0.15, -0.1) is 0 Å². The summed E-state index contributed by atoms with van der Waals surface area (Å²) in [5, 5.41) is 3.28. The van der Waals surface area contributed by atoms with Crippen LogP contribution >= 0.6 is 0 Å². The molecule has 1 rings (SSSR count). The fraction of sp³-hybridized carbons (Fsp3) is 0.533. The summed E-state index contributed by atoms with van der Waals surface area (Å²) in [4.78, 5) is 11.9. The number of unbranched alkanes of at least 4 members (excludes halogenated alkanes) is 1. The number of anilines is 1. The van der Waals surface area contributed by atoms with Crippen LogP contribution in [0.15, 0.2) is 24.3 Å². The Labute approximate surface area is 110 Å². The second-order valence-corrected chi connectivity index (χ2v) is 4.81. The van der Waals surface area contributed by atoms with Crippen LogP contribution in [0.2, 0.25) is 0 Å². The molecule has 0 aliphatic rings. The molecule has 0 fully saturated rings. The molecule has 100 valence electrons. The summed E-state index contributed by atoms with van der Waals surface area (Å²) in [5.41, 5.74) is 1.47. The lowest BCUT2D eigenvalue weighted by Gasteiger charge is -2.13. The molecule has 3 nitrogen and oxygen atoms in total. The maximum absolute atomic E-state index is 11.9. The minimum Gasteiger partial charge on any atom is -0.462 e. The average molecular weight is 249 g/mol. The van der Waals surface area contributed by atoms with Crippen molar-refractivity contribution in [1.82, 2.24) is 0 Å². The molecule has 0 aliphatic carbocycles. The van der Waals surface area contributed by atoms with Crippen LogP contribution in [0.25, 0.3) is 0 Å². The molecule has 1 N–H and O–H groups in total. The number of ether oxygens (including phenoxy) is 1. The summed E-state index contributed by atoms with van der Waals surface area (Å²) in [6, 6.07) is 7.50. The summed E-state index contributed by atoms with van der Waals surface area (Å²) in [7, 11) is 0. The van der Waals surface area contributed by atoms with Crippen LogP contribution in [0.1, 0.15) is 44.0 Å². The van der Waals surface area contributed by atoms with Crippen molar-refractivity contribution in [3.63, 3.8) is 0 Å². The standard InChI is InChI=1S/C15H23NO2/c1-4-5-10-18-15(17)13-8-6-7-9-14(13)16-11-12(2)3/h6-9,12,16H,4-5,10-11H2,1-3H3. The van der Waals surface area contributed by atoms with Crippen LogP contribution in [0.4, 0.5) is 5.69 Å². The number of para-hydroxylation sites is 1. The molecule has 1 aromatic carbocycles. The molecule has 0 spiro atoms. The molecule has 0 aliphatic heterocycles. The van der Waals surface area contributed by atoms with Crippen LogP contribution in [0.3, 0.4) is 0 Å². The fourth-order valence-electron chi connectivity index (χ4n) is 1.52. The van der Waals surface area contributed by atoms with Gasteiger partial charge in [0.25, 0.3) is 0 Å². The third kappa shape index (κ3) is 4.78. The van der Waals surface area contributed by atoms with Gasteiger partial charge in [0.1, 0.15) is 0 Å². The van der Waals surface area contributed by atoms with Crippen molar-refractivity contribution in [1.29, 1.82) is 0 Å². The van der Waals surface area contributed by atoms with Gasteiger partial charge in [0.2, 0.25) is 0 Å². The maximum Gasteiger partial charge on any atom is 0.340 e. The Morgan fingerprint density at radius 1 is 1.33 bits per heavy atom. The lowest BCUT2D eigenvalue weighted by molar-refractivity contribution is 0.0501. The van der Waals surface area contributed by atoms with Crippen LogP contribution in [0.5, 0.6) is 0 Å². The third-order valence-corrected chi connectivity index (χ3v) is 2.58. The first kappa shape index (κ1) is 14.6. The number of nitrogens with one attached hydrogen (secondary N) is 1. The summed E-state index contributed by atoms with van der Waals surface area (Å²) in [6.07, 6.45) is 1.94. The highest BCUT2D eigenvalue weighted by Gasteiger charge is 2.11. The summed E-state index contributed by atoms with van der Waals surface area (Å²) < 4.78 is 5.24. The zero-order chi connectivity index (χ0) is 13.4. The van der Waals surface area contributed by atoms with Crippen molar-refractivity contribution in [2.75, 3.05) is 18.5 Å². The summed E-state index contributed by atoms with van der Waals surface area (Å²) in [6.45, 7) is 7.68. The Bertz CT molecular complexity index is 375. The topological polar surface area (TPSA) is 38.3 Å². The molecule has 0 unspecified atom stereocenters. The summed E-state index contributed by atoms with van der Waals surface area (Å²) in [5.74, 6) is 0.296. The SMILES string of the molecule is CCCCOC(=O)c1ccccc1NCC(C)C. The lowest BCUT2D eigenvalue weighted by atomic mass is 10.1. The Hall–Kier alpha value is -1.51. The van der Waals surface area contributed by atoms with Gasteiger partial charge in [-0.1, -0.05) is 39.3 Å². The second kappa shape index (κ2) is 7.75. The van der Waals surface area contributed by atoms with Gasteiger partial charge in [0.05, 0.1) is 12.2 Å². The predicted molar refractivity (Wildman–Crippen MR) is 75.0 cm³/mol. The van der Waals surface area contributed by atoms with E-state index in [4.69, 9.17) is 4.74 Å². The number of hydrogen-bond donors (Lipinski definition) is 1. The largest absolute Gasteiger partial charge is 0.462 e. The third-order valence-electron chi connectivity index (χ3n) is 2.58. The maximum atomic E-state index is 11.9. The van der Waals surface area contributed by atoms with E-state index >= 15 is 0 Å². The monoisotopic (exact) mass is 249 g/mol. The second-order valence-electron chi connectivity index (χ2n) is 4.81. The highest BCUT2D eigenvalue weighted by molar-refractivity contribution is 5.95. The Morgan fingerprint density at radius 3 is 2.72 bits per heavy atom. The van der Waals surface area contributed by atoms with E-state index in [1.165, 1.54) is 0 Å². The van der Waals surface area contributed by atoms with Crippen LogP contribution in [-0.4, -0.2) is 19.1 Å². The first-order valence-electron chi connectivity index (χ1n) is 6.65. The van der Waals surface area contributed by atoms with Gasteiger partial charge in [-0.25, -0.2) is 4.79 Å². The molecular formula is C15H23NO2. The Balaban J connectivity index is 2.65. The Morgan fingerprint density at radius 2 is 2.06 bits per heavy atom. The first-order valence-corrected chi connectivity index (χ1v) is 6.65. The number of rotatable bonds is 7. The van der Waals surface area contributed by atoms with E-state index in [0.717, 1.165) is 25.1 Å². The van der Waals surface area contributed by atoms with Gasteiger partial charge in [0, 0.05) is 12.2 Å². The highest BCUT2D eigenvalue weighted by Crippen LogP contribution is 2.16. The number of carbonyl (C=O) groups is 1. The minimum atomic E-state index is -0.240. The van der Waals surface area contributed by atoms with Crippen molar-refractivity contribution in [2.45, 2.75) is 33.6 Å². The van der Waals surface area contributed by atoms with Crippen LogP contribution in [0, 0.1) is 5.92 Å². The molecule has 3 heteroatoms. The number of esters is 1. The van der Waals surface area contributed by atoms with E-state index in [1.807, 2.05) is 18.2 Å². The zero-order valence-corrected chi connectivity index (χ0v) is 11.5. The van der Waals surface area contributed by atoms with Crippen molar-refractivity contribution < 1.29 is 9.53 Å². The van der Waals surface area contributed by atoms with Gasteiger partial charge in [-0.3, -0.25) is 0 Å². The average Bonchev–Trinajstić information content (AvgIpc) is 2.37. The predicted octanol–water partition coefficient (Wildman–Crippen LogP) is 3.71. The van der Waals surface area contributed by atoms with Gasteiger partial charge in [0.15, 0.2) is 0 Å². The van der Waals surface area contributed by atoms with E-state index in [2.05, 4.69) is 26.1 Å². The molecule has 1 aromatic rings. The summed E-state index contributed by atoms with van der Waals surface area (Å²) >= 11 is 0. The van der Waals surface area contributed by atoms with Gasteiger partial charge in [-0.05, 0) is 24.5 Å². The Kier molecular flexibility index (Phi) is 6.26. The van der Waals surface area contributed by atoms with Crippen molar-refractivity contribution in [2.24, 2.45) is 5.92 Å². The van der Waals surface area contributed by atoms with Crippen molar-refractivity contribution in [3.05, 3.63) is 29.8 Å². The number of hydrogen-bond acceptors (Lipinski definition) is 3. The minimum absolute atomic E-state index is 0.240. The molecular weight excluding hydrogens is 226 g/mol. The van der Waals surface area contributed by atoms with Gasteiger partial charge in [-0.2, -0.15) is 0 Å². The molecule has 0 heterocycles. The van der Waals surface area contributed by atoms with Crippen LogP contribution in [-0.2, 0) is 4.74 Å². The fourth-order valence-corrected chi connectivity index (χ4v) is 1.52. The van der Waals surface area contributed by atoms with Crippen molar-refractivity contribution >= 4 is 11.7 Å². The van der Waals surface area contributed by atoms with E-state index < -0.39 is 0 Å². The normalized spacial score (nSPS) is 10.4. The molecule has 0 atom stereocenters. The van der Waals surface area contributed by atoms with Crippen LogP contribution < -0.4 is 5.32 Å². The van der Waals surface area contributed by atoms with E-state index in [9.17, 15) is 4.79 Å². The molecule has 18 heavy (non-hydrogen) atoms. The van der Waals surface area contributed by atoms with E-state index in [1.54, 1.807) is 6.07 Å². The molecule has 0 radical (unpaired) electrons. The molecule has 0 saturated carbocycles. The van der Waals surface area contributed by atoms with Gasteiger partial charge >= 0.3 is 5.97 Å². The molecule has 0 aromatic heterocycles. The molecule has 0 bridgehead atoms. The number of carbonyl (C=O) groups excluding carboxylic acids is 1. The quantitative estimate of drug-likeness (QED) is 0.591. The lowest BCUT2D eigenvalue weighted by Crippen LogP contribution is -2.13. The van der Waals surface area contributed by atoms with E-state index in [0.29, 0.717) is 18.1 Å². The number of benzene rings is 1. The molecule has 0 saturated heterocycles. The smallest absolute Gasteiger partial charge is 0.340 e. The van der Waals surface area contributed by atoms with Gasteiger partial charge < -0.3 is 10.1 Å². The highest BCUT2D eigenvalue weighted by atomic mass is 16.5. The first-order chi connectivity index (χ1) is 8.65. The molecule has 0 amide bonds. The van der Waals surface area contributed by atoms with E-state index in [-0.39, 0.29) is 5.97 Å².